The molecule has 0 aliphatic carbocycles. The number of carbonyl (C=O) groups excluding carboxylic acids is 2. The molecule has 2 rings (SSSR count). The third-order valence-corrected chi connectivity index (χ3v) is 3.83. The number of ether oxygens (including phenoxy) is 2. The number of hydrogen-bond donors (Lipinski definition) is 2. The maximum Gasteiger partial charge on any atom is 0.338 e. The highest BCUT2D eigenvalue weighted by molar-refractivity contribution is 5.95. The molecule has 26 heavy (non-hydrogen) atoms. The van der Waals surface area contributed by atoms with Gasteiger partial charge in [-0.1, -0.05) is 39.8 Å². The average molecular weight is 360 g/mol. The zero-order chi connectivity index (χ0) is 19.3. The van der Waals surface area contributed by atoms with Crippen LogP contribution in [0.3, 0.4) is 0 Å². The SMILES string of the molecule is CC1=C(C(=O)OCC(C)C)C(c2ccc(OCC(C)C)cc2)NC(=O)N1. The van der Waals surface area contributed by atoms with Crippen molar-refractivity contribution in [3.8, 4) is 5.75 Å². The van der Waals surface area contributed by atoms with Crippen LogP contribution in [-0.4, -0.2) is 25.2 Å². The van der Waals surface area contributed by atoms with E-state index in [-0.39, 0.29) is 11.9 Å². The van der Waals surface area contributed by atoms with Crippen LogP contribution in [0, 0.1) is 11.8 Å². The van der Waals surface area contributed by atoms with Gasteiger partial charge < -0.3 is 20.1 Å². The van der Waals surface area contributed by atoms with Gasteiger partial charge in [-0.3, -0.25) is 0 Å². The largest absolute Gasteiger partial charge is 0.493 e. The van der Waals surface area contributed by atoms with Crippen molar-refractivity contribution in [1.82, 2.24) is 10.6 Å². The summed E-state index contributed by atoms with van der Waals surface area (Å²) in [6.45, 7) is 10.8. The van der Waals surface area contributed by atoms with E-state index in [0.717, 1.165) is 11.3 Å². The highest BCUT2D eigenvalue weighted by atomic mass is 16.5. The molecule has 0 aromatic heterocycles. The first-order chi connectivity index (χ1) is 12.3. The minimum absolute atomic E-state index is 0.238. The summed E-state index contributed by atoms with van der Waals surface area (Å²) in [4.78, 5) is 24.5. The van der Waals surface area contributed by atoms with Gasteiger partial charge in [0, 0.05) is 5.70 Å². The Labute approximate surface area is 154 Å². The summed E-state index contributed by atoms with van der Waals surface area (Å²) in [5.74, 6) is 1.01. The van der Waals surface area contributed by atoms with Gasteiger partial charge in [0.1, 0.15) is 5.75 Å². The Balaban J connectivity index is 2.22. The Morgan fingerprint density at radius 3 is 2.27 bits per heavy atom. The second-order valence-corrected chi connectivity index (χ2v) is 7.34. The molecule has 0 saturated carbocycles. The van der Waals surface area contributed by atoms with E-state index in [1.54, 1.807) is 6.92 Å². The van der Waals surface area contributed by atoms with Crippen LogP contribution in [0.15, 0.2) is 35.5 Å². The topological polar surface area (TPSA) is 76.7 Å². The van der Waals surface area contributed by atoms with E-state index in [9.17, 15) is 9.59 Å². The summed E-state index contributed by atoms with van der Waals surface area (Å²) in [6.07, 6.45) is 0. The standard InChI is InChI=1S/C20H28N2O4/c1-12(2)10-25-16-8-6-15(7-9-16)18-17(14(5)21-20(24)22-18)19(23)26-11-13(3)4/h6-9,12-13,18H,10-11H2,1-5H3,(H2,21,22,24). The van der Waals surface area contributed by atoms with Crippen LogP contribution in [0.5, 0.6) is 5.75 Å². The van der Waals surface area contributed by atoms with E-state index in [2.05, 4.69) is 24.5 Å². The molecular formula is C20H28N2O4. The Kier molecular flexibility index (Phi) is 6.66. The van der Waals surface area contributed by atoms with Crippen LogP contribution in [0.25, 0.3) is 0 Å². The molecule has 1 aromatic carbocycles. The number of rotatable bonds is 7. The summed E-state index contributed by atoms with van der Waals surface area (Å²) in [7, 11) is 0. The third-order valence-electron chi connectivity index (χ3n) is 3.83. The molecule has 6 heteroatoms. The van der Waals surface area contributed by atoms with Crippen molar-refractivity contribution in [2.75, 3.05) is 13.2 Å². The zero-order valence-corrected chi connectivity index (χ0v) is 16.1. The van der Waals surface area contributed by atoms with Gasteiger partial charge in [-0.05, 0) is 36.5 Å². The first-order valence-corrected chi connectivity index (χ1v) is 8.96. The first kappa shape index (κ1) is 19.8. The summed E-state index contributed by atoms with van der Waals surface area (Å²) in [5, 5.41) is 5.45. The summed E-state index contributed by atoms with van der Waals surface area (Å²) in [6, 6.07) is 6.51. The number of amides is 2. The fourth-order valence-electron chi connectivity index (χ4n) is 2.55. The van der Waals surface area contributed by atoms with E-state index >= 15 is 0 Å². The van der Waals surface area contributed by atoms with E-state index in [1.165, 1.54) is 0 Å². The van der Waals surface area contributed by atoms with Crippen LogP contribution >= 0.6 is 0 Å². The predicted molar refractivity (Wildman–Crippen MR) is 99.7 cm³/mol. The van der Waals surface area contributed by atoms with Crippen LogP contribution in [0.4, 0.5) is 4.79 Å². The Bertz CT molecular complexity index is 678. The molecule has 0 radical (unpaired) electrons. The fourth-order valence-corrected chi connectivity index (χ4v) is 2.55. The Hall–Kier alpha value is -2.50. The molecule has 1 aliphatic heterocycles. The maximum atomic E-state index is 12.6. The molecule has 142 valence electrons. The molecule has 2 amide bonds. The molecule has 0 saturated heterocycles. The van der Waals surface area contributed by atoms with Crippen molar-refractivity contribution in [1.29, 1.82) is 0 Å². The smallest absolute Gasteiger partial charge is 0.338 e. The van der Waals surface area contributed by atoms with Crippen LogP contribution < -0.4 is 15.4 Å². The van der Waals surface area contributed by atoms with Crippen molar-refractivity contribution in [3.63, 3.8) is 0 Å². The monoisotopic (exact) mass is 360 g/mol. The van der Waals surface area contributed by atoms with Crippen molar-refractivity contribution >= 4 is 12.0 Å². The fraction of sp³-hybridized carbons (Fsp3) is 0.500. The van der Waals surface area contributed by atoms with Crippen LogP contribution in [0.2, 0.25) is 0 Å². The number of benzene rings is 1. The quantitative estimate of drug-likeness (QED) is 0.729. The van der Waals surface area contributed by atoms with Gasteiger partial charge in [-0.25, -0.2) is 9.59 Å². The van der Waals surface area contributed by atoms with E-state index in [4.69, 9.17) is 9.47 Å². The van der Waals surface area contributed by atoms with Crippen molar-refractivity contribution in [2.24, 2.45) is 11.8 Å². The molecule has 1 atom stereocenters. The normalized spacial score (nSPS) is 17.2. The lowest BCUT2D eigenvalue weighted by Gasteiger charge is -2.28. The van der Waals surface area contributed by atoms with Crippen LogP contribution in [0.1, 0.15) is 46.2 Å². The number of allylic oxidation sites excluding steroid dienone is 1. The molecular weight excluding hydrogens is 332 g/mol. The predicted octanol–water partition coefficient (Wildman–Crippen LogP) is 3.55. The number of carbonyl (C=O) groups is 2. The van der Waals surface area contributed by atoms with Crippen molar-refractivity contribution in [3.05, 3.63) is 41.1 Å². The number of hydrogen-bond acceptors (Lipinski definition) is 4. The van der Waals surface area contributed by atoms with Crippen molar-refractivity contribution < 1.29 is 19.1 Å². The van der Waals surface area contributed by atoms with Gasteiger partial charge >= 0.3 is 12.0 Å². The van der Waals surface area contributed by atoms with Gasteiger partial charge in [-0.15, -0.1) is 0 Å². The van der Waals surface area contributed by atoms with E-state index < -0.39 is 12.0 Å². The summed E-state index contributed by atoms with van der Waals surface area (Å²) < 4.78 is 11.1. The highest BCUT2D eigenvalue weighted by Crippen LogP contribution is 2.29. The molecule has 0 bridgehead atoms. The second-order valence-electron chi connectivity index (χ2n) is 7.34. The van der Waals surface area contributed by atoms with E-state index in [0.29, 0.717) is 30.4 Å². The molecule has 0 fully saturated rings. The zero-order valence-electron chi connectivity index (χ0n) is 16.1. The van der Waals surface area contributed by atoms with E-state index in [1.807, 2.05) is 38.1 Å². The number of urea groups is 1. The van der Waals surface area contributed by atoms with Gasteiger partial charge in [0.05, 0.1) is 24.8 Å². The van der Waals surface area contributed by atoms with Gasteiger partial charge in [0.2, 0.25) is 0 Å². The minimum atomic E-state index is -0.553. The molecule has 2 N–H and O–H groups in total. The second kappa shape index (κ2) is 8.74. The van der Waals surface area contributed by atoms with Gasteiger partial charge in [0.15, 0.2) is 0 Å². The van der Waals surface area contributed by atoms with Crippen LogP contribution in [-0.2, 0) is 9.53 Å². The third kappa shape index (κ3) is 5.25. The summed E-state index contributed by atoms with van der Waals surface area (Å²) in [5.41, 5.74) is 1.72. The molecule has 0 spiro atoms. The summed E-state index contributed by atoms with van der Waals surface area (Å²) >= 11 is 0. The molecule has 1 heterocycles. The average Bonchev–Trinajstić information content (AvgIpc) is 2.57. The first-order valence-electron chi connectivity index (χ1n) is 8.96. The molecule has 1 aliphatic rings. The Morgan fingerprint density at radius 2 is 1.69 bits per heavy atom. The molecule has 1 aromatic rings. The number of esters is 1. The Morgan fingerprint density at radius 1 is 1.08 bits per heavy atom. The number of nitrogens with one attached hydrogen (secondary N) is 2. The molecule has 6 nitrogen and oxygen atoms in total. The lowest BCUT2D eigenvalue weighted by atomic mass is 9.95. The maximum absolute atomic E-state index is 12.6. The lowest BCUT2D eigenvalue weighted by molar-refractivity contribution is -0.140. The molecule has 1 unspecified atom stereocenters. The van der Waals surface area contributed by atoms with Gasteiger partial charge in [0.25, 0.3) is 0 Å². The lowest BCUT2D eigenvalue weighted by Crippen LogP contribution is -2.45. The highest BCUT2D eigenvalue weighted by Gasteiger charge is 2.32. The minimum Gasteiger partial charge on any atom is -0.493 e. The van der Waals surface area contributed by atoms with Crippen molar-refractivity contribution in [2.45, 2.75) is 40.7 Å². The van der Waals surface area contributed by atoms with Gasteiger partial charge in [-0.2, -0.15) is 0 Å².